The van der Waals surface area contributed by atoms with Gasteiger partial charge in [-0.15, -0.1) is 11.6 Å². The van der Waals surface area contributed by atoms with Gasteiger partial charge in [-0.2, -0.15) is 0 Å². The normalized spacial score (nSPS) is 40.4. The van der Waals surface area contributed by atoms with E-state index in [1.165, 1.54) is 12.8 Å². The van der Waals surface area contributed by atoms with Crippen LogP contribution in [0.4, 0.5) is 0 Å². The summed E-state index contributed by atoms with van der Waals surface area (Å²) in [5.41, 5.74) is 0. The van der Waals surface area contributed by atoms with Gasteiger partial charge in [0.1, 0.15) is 6.10 Å². The molecule has 120 valence electrons. The van der Waals surface area contributed by atoms with Crippen molar-refractivity contribution < 1.29 is 9.53 Å². The number of halogens is 1. The first kappa shape index (κ1) is 15.5. The lowest BCUT2D eigenvalue weighted by Crippen LogP contribution is -2.53. The molecule has 3 fully saturated rings. The van der Waals surface area contributed by atoms with Gasteiger partial charge in [-0.3, -0.25) is 10.1 Å². The fraction of sp³-hybridized carbons (Fsp3) is 0.933. The van der Waals surface area contributed by atoms with Crippen LogP contribution >= 0.6 is 11.6 Å². The zero-order valence-corrected chi connectivity index (χ0v) is 13.2. The third-order valence-electron chi connectivity index (χ3n) is 5.02. The summed E-state index contributed by atoms with van der Waals surface area (Å²) in [5.74, 6) is 0.575. The molecule has 6 heteroatoms. The summed E-state index contributed by atoms with van der Waals surface area (Å²) in [4.78, 5) is 11.4. The number of fused-ring (bicyclic) bond motifs is 1. The first-order chi connectivity index (χ1) is 10.2. The van der Waals surface area contributed by atoms with E-state index < -0.39 is 0 Å². The molecule has 5 nitrogen and oxygen atoms in total. The van der Waals surface area contributed by atoms with Crippen molar-refractivity contribution >= 4 is 17.6 Å². The molecule has 3 aliphatic rings. The van der Waals surface area contributed by atoms with E-state index in [4.69, 9.17) is 16.3 Å². The van der Waals surface area contributed by atoms with Crippen LogP contribution in [0.5, 0.6) is 0 Å². The number of esters is 1. The Morgan fingerprint density at radius 3 is 2.90 bits per heavy atom. The highest BCUT2D eigenvalue weighted by Gasteiger charge is 2.36. The van der Waals surface area contributed by atoms with Gasteiger partial charge < -0.3 is 15.4 Å². The highest BCUT2D eigenvalue weighted by Crippen LogP contribution is 2.34. The van der Waals surface area contributed by atoms with E-state index in [9.17, 15) is 4.79 Å². The molecule has 1 saturated carbocycles. The van der Waals surface area contributed by atoms with Crippen molar-refractivity contribution in [3.8, 4) is 0 Å². The van der Waals surface area contributed by atoms with Gasteiger partial charge in [-0.1, -0.05) is 0 Å². The minimum Gasteiger partial charge on any atom is -0.462 e. The lowest BCUT2D eigenvalue weighted by molar-refractivity contribution is -0.161. The van der Waals surface area contributed by atoms with Crippen LogP contribution in [0.25, 0.3) is 0 Å². The largest absolute Gasteiger partial charge is 0.462 e. The second-order valence-electron chi connectivity index (χ2n) is 6.56. The Balaban J connectivity index is 1.35. The standard InChI is InChI=1S/C15H26ClN3O2/c16-11-3-5-14(17-8-11)19-9-18-12-4-1-10-2-6-15(20)21-13(10)7-12/h10-14,17-19H,1-9H2. The number of piperidine rings is 1. The number of alkyl halides is 1. The fourth-order valence-corrected chi connectivity index (χ4v) is 3.92. The average molecular weight is 316 g/mol. The highest BCUT2D eigenvalue weighted by molar-refractivity contribution is 6.20. The summed E-state index contributed by atoms with van der Waals surface area (Å²) < 4.78 is 5.50. The third kappa shape index (κ3) is 4.31. The van der Waals surface area contributed by atoms with E-state index in [1.807, 2.05) is 0 Å². The SMILES string of the molecule is O=C1CCC2CCC(NCNC3CCC(Cl)CN3)CC2O1. The Bertz CT molecular complexity index is 361. The molecule has 2 heterocycles. The Morgan fingerprint density at radius 1 is 1.19 bits per heavy atom. The average Bonchev–Trinajstić information content (AvgIpc) is 2.49. The molecule has 1 aliphatic carbocycles. The summed E-state index contributed by atoms with van der Waals surface area (Å²) in [7, 11) is 0. The molecular weight excluding hydrogens is 290 g/mol. The molecule has 5 unspecified atom stereocenters. The summed E-state index contributed by atoms with van der Waals surface area (Å²) in [5, 5.41) is 10.7. The van der Waals surface area contributed by atoms with Gasteiger partial charge in [0.15, 0.2) is 0 Å². The molecular formula is C15H26ClN3O2. The molecule has 5 atom stereocenters. The molecule has 2 saturated heterocycles. The summed E-state index contributed by atoms with van der Waals surface area (Å²) in [6, 6.07) is 0.453. The molecule has 0 aromatic rings. The molecule has 0 spiro atoms. The van der Waals surface area contributed by atoms with Gasteiger partial charge >= 0.3 is 5.97 Å². The van der Waals surface area contributed by atoms with Crippen LogP contribution in [0.15, 0.2) is 0 Å². The van der Waals surface area contributed by atoms with Gasteiger partial charge in [0, 0.05) is 37.5 Å². The Labute approximate surface area is 131 Å². The zero-order valence-electron chi connectivity index (χ0n) is 12.4. The molecule has 0 radical (unpaired) electrons. The smallest absolute Gasteiger partial charge is 0.306 e. The first-order valence-electron chi connectivity index (χ1n) is 8.24. The number of rotatable bonds is 4. The van der Waals surface area contributed by atoms with Crippen LogP contribution in [-0.2, 0) is 9.53 Å². The van der Waals surface area contributed by atoms with Crippen LogP contribution in [0.2, 0.25) is 0 Å². The van der Waals surface area contributed by atoms with Crippen molar-refractivity contribution in [2.45, 2.75) is 68.6 Å². The monoisotopic (exact) mass is 315 g/mol. The Hall–Kier alpha value is -0.360. The van der Waals surface area contributed by atoms with Crippen LogP contribution in [0.3, 0.4) is 0 Å². The summed E-state index contributed by atoms with van der Waals surface area (Å²) >= 11 is 6.07. The Morgan fingerprint density at radius 2 is 2.10 bits per heavy atom. The maximum Gasteiger partial charge on any atom is 0.306 e. The second kappa shape index (κ2) is 7.27. The maximum absolute atomic E-state index is 11.4. The molecule has 0 bridgehead atoms. The molecule has 3 rings (SSSR count). The number of hydrogen-bond acceptors (Lipinski definition) is 5. The Kier molecular flexibility index (Phi) is 5.38. The number of nitrogens with one attached hydrogen (secondary N) is 3. The van der Waals surface area contributed by atoms with E-state index >= 15 is 0 Å². The fourth-order valence-electron chi connectivity index (χ4n) is 3.71. The van der Waals surface area contributed by atoms with E-state index in [-0.39, 0.29) is 17.5 Å². The topological polar surface area (TPSA) is 62.4 Å². The van der Waals surface area contributed by atoms with Crippen LogP contribution in [-0.4, -0.2) is 42.9 Å². The maximum atomic E-state index is 11.4. The minimum atomic E-state index is -0.0166. The predicted octanol–water partition coefficient (Wildman–Crippen LogP) is 1.31. The molecule has 21 heavy (non-hydrogen) atoms. The van der Waals surface area contributed by atoms with Crippen molar-refractivity contribution in [1.82, 2.24) is 16.0 Å². The molecule has 0 amide bonds. The van der Waals surface area contributed by atoms with Gasteiger partial charge in [0.05, 0.1) is 6.17 Å². The number of carbonyl (C=O) groups is 1. The van der Waals surface area contributed by atoms with Crippen LogP contribution in [0.1, 0.15) is 44.9 Å². The lowest BCUT2D eigenvalue weighted by Gasteiger charge is -2.39. The van der Waals surface area contributed by atoms with Gasteiger partial charge in [-0.25, -0.2) is 0 Å². The first-order valence-corrected chi connectivity index (χ1v) is 8.68. The van der Waals surface area contributed by atoms with E-state index in [0.717, 1.165) is 38.9 Å². The highest BCUT2D eigenvalue weighted by atomic mass is 35.5. The van der Waals surface area contributed by atoms with E-state index in [2.05, 4.69) is 16.0 Å². The quantitative estimate of drug-likeness (QED) is 0.415. The second-order valence-corrected chi connectivity index (χ2v) is 7.17. The van der Waals surface area contributed by atoms with E-state index in [0.29, 0.717) is 24.5 Å². The molecule has 0 aromatic heterocycles. The molecule has 0 aromatic carbocycles. The van der Waals surface area contributed by atoms with E-state index in [1.54, 1.807) is 0 Å². The predicted molar refractivity (Wildman–Crippen MR) is 82.0 cm³/mol. The van der Waals surface area contributed by atoms with Gasteiger partial charge in [0.2, 0.25) is 0 Å². The van der Waals surface area contributed by atoms with Crippen molar-refractivity contribution in [2.75, 3.05) is 13.2 Å². The molecule has 3 N–H and O–H groups in total. The number of carbonyl (C=O) groups excluding carboxylic acids is 1. The third-order valence-corrected chi connectivity index (χ3v) is 5.40. The van der Waals surface area contributed by atoms with Gasteiger partial charge in [0.25, 0.3) is 0 Å². The number of hydrogen-bond donors (Lipinski definition) is 3. The van der Waals surface area contributed by atoms with Crippen molar-refractivity contribution in [3.05, 3.63) is 0 Å². The van der Waals surface area contributed by atoms with Crippen molar-refractivity contribution in [2.24, 2.45) is 5.92 Å². The minimum absolute atomic E-state index is 0.0166. The van der Waals surface area contributed by atoms with Crippen molar-refractivity contribution in [3.63, 3.8) is 0 Å². The summed E-state index contributed by atoms with van der Waals surface area (Å²) in [6.07, 6.45) is 7.57. The van der Waals surface area contributed by atoms with Crippen molar-refractivity contribution in [1.29, 1.82) is 0 Å². The number of ether oxygens (including phenoxy) is 1. The van der Waals surface area contributed by atoms with Gasteiger partial charge in [-0.05, 0) is 38.0 Å². The van der Waals surface area contributed by atoms with Crippen LogP contribution < -0.4 is 16.0 Å². The lowest BCUT2D eigenvalue weighted by atomic mass is 9.79. The molecule has 2 aliphatic heterocycles. The zero-order chi connectivity index (χ0) is 14.7. The van der Waals surface area contributed by atoms with Crippen LogP contribution in [0, 0.1) is 5.92 Å². The summed E-state index contributed by atoms with van der Waals surface area (Å²) in [6.45, 7) is 1.67.